The molecule has 1 fully saturated rings. The first-order chi connectivity index (χ1) is 17.6. The number of rotatable bonds is 10. The molecule has 36 heavy (non-hydrogen) atoms. The van der Waals surface area contributed by atoms with Crippen LogP contribution in [0.1, 0.15) is 55.5 Å². The van der Waals surface area contributed by atoms with Gasteiger partial charge in [0.2, 0.25) is 0 Å². The van der Waals surface area contributed by atoms with Gasteiger partial charge < -0.3 is 24.5 Å². The molecule has 2 aliphatic heterocycles. The number of nitrogens with zero attached hydrogens (tertiary/aromatic N) is 5. The number of aromatic nitrogens is 5. The molecule has 0 amide bonds. The van der Waals surface area contributed by atoms with Gasteiger partial charge in [-0.1, -0.05) is 13.0 Å². The molecule has 0 bridgehead atoms. The second-order valence-corrected chi connectivity index (χ2v) is 9.29. The molecule has 1 aliphatic carbocycles. The number of nitrogens with two attached hydrogens (primary N) is 1. The smallest absolute Gasteiger partial charge is 0.166 e. The lowest BCUT2D eigenvalue weighted by atomic mass is 10.2. The third-order valence-electron chi connectivity index (χ3n) is 6.51. The van der Waals surface area contributed by atoms with Crippen molar-refractivity contribution in [3.05, 3.63) is 66.0 Å². The van der Waals surface area contributed by atoms with Crippen LogP contribution >= 0.6 is 0 Å². The Balaban J connectivity index is 1.32. The van der Waals surface area contributed by atoms with Gasteiger partial charge in [0.25, 0.3) is 0 Å². The zero-order valence-electron chi connectivity index (χ0n) is 20.8. The third-order valence-corrected chi connectivity index (χ3v) is 6.51. The van der Waals surface area contributed by atoms with E-state index in [0.29, 0.717) is 42.9 Å². The van der Waals surface area contributed by atoms with Crippen LogP contribution in [0, 0.1) is 0 Å². The number of methoxy groups -OCH3 is 1. The second-order valence-electron chi connectivity index (χ2n) is 9.29. The van der Waals surface area contributed by atoms with Gasteiger partial charge in [0.1, 0.15) is 5.82 Å². The van der Waals surface area contributed by atoms with Crippen LogP contribution in [0.3, 0.4) is 0 Å². The van der Waals surface area contributed by atoms with Crippen molar-refractivity contribution < 1.29 is 14.2 Å². The van der Waals surface area contributed by atoms with E-state index in [1.807, 2.05) is 41.8 Å². The van der Waals surface area contributed by atoms with Gasteiger partial charge in [0, 0.05) is 18.3 Å². The maximum Gasteiger partial charge on any atom is 0.166 e. The van der Waals surface area contributed by atoms with Crippen molar-refractivity contribution >= 4 is 5.82 Å². The molecule has 0 spiro atoms. The minimum Gasteiger partial charge on any atom is -0.493 e. The van der Waals surface area contributed by atoms with Gasteiger partial charge >= 0.3 is 0 Å². The van der Waals surface area contributed by atoms with E-state index in [9.17, 15) is 0 Å². The van der Waals surface area contributed by atoms with Crippen molar-refractivity contribution in [3.8, 4) is 23.0 Å². The minimum atomic E-state index is -0.000474. The number of nitrogen functional groups attached to an aromatic ring is 1. The van der Waals surface area contributed by atoms with Gasteiger partial charge in [-0.05, 0) is 61.1 Å². The average molecular weight is 489 g/mol. The fraction of sp³-hybridized carbons (Fsp3) is 0.407. The second kappa shape index (κ2) is 10.9. The lowest BCUT2D eigenvalue weighted by Crippen LogP contribution is -2.12. The number of pyridine rings is 1. The van der Waals surface area contributed by atoms with Crippen LogP contribution in [-0.2, 0) is 17.9 Å². The maximum atomic E-state index is 6.27. The molecule has 2 aromatic rings. The molecule has 0 saturated heterocycles. The Hall–Kier alpha value is -3.72. The van der Waals surface area contributed by atoms with Gasteiger partial charge in [-0.25, -0.2) is 15.0 Å². The van der Waals surface area contributed by atoms with Gasteiger partial charge in [-0.2, -0.15) is 0 Å². The van der Waals surface area contributed by atoms with Crippen LogP contribution < -0.4 is 15.2 Å². The summed E-state index contributed by atoms with van der Waals surface area (Å²) in [7, 11) is 1.67. The maximum absolute atomic E-state index is 6.27. The largest absolute Gasteiger partial charge is 0.493 e. The Morgan fingerprint density at radius 3 is 2.64 bits per heavy atom. The summed E-state index contributed by atoms with van der Waals surface area (Å²) in [5.41, 5.74) is 8.89. The fourth-order valence-corrected chi connectivity index (χ4v) is 4.51. The topological polar surface area (TPSA) is 110 Å². The van der Waals surface area contributed by atoms with Gasteiger partial charge in [-0.3, -0.25) is 4.98 Å². The summed E-state index contributed by atoms with van der Waals surface area (Å²) < 4.78 is 19.7. The fourth-order valence-electron chi connectivity index (χ4n) is 4.51. The summed E-state index contributed by atoms with van der Waals surface area (Å²) in [5, 5.41) is 0. The first-order valence-electron chi connectivity index (χ1n) is 12.4. The molecule has 9 heteroatoms. The van der Waals surface area contributed by atoms with E-state index in [1.54, 1.807) is 25.8 Å². The normalized spacial score (nSPS) is 14.8. The molecule has 2 N–H and O–H groups in total. The number of imidazole rings is 1. The number of hydrogen-bond donors (Lipinski definition) is 1. The van der Waals surface area contributed by atoms with Crippen LogP contribution in [0.4, 0.5) is 5.82 Å². The van der Waals surface area contributed by atoms with Gasteiger partial charge in [0.05, 0.1) is 39.3 Å². The monoisotopic (exact) mass is 488 g/mol. The lowest BCUT2D eigenvalue weighted by Gasteiger charge is -2.17. The van der Waals surface area contributed by atoms with E-state index in [1.165, 1.54) is 12.8 Å². The molecule has 1 aromatic carbocycles. The van der Waals surface area contributed by atoms with E-state index in [4.69, 9.17) is 29.9 Å². The van der Waals surface area contributed by atoms with Crippen molar-refractivity contribution in [1.82, 2.24) is 24.5 Å². The van der Waals surface area contributed by atoms with E-state index < -0.39 is 0 Å². The van der Waals surface area contributed by atoms with E-state index in [2.05, 4.69) is 9.97 Å². The molecule has 3 heterocycles. The molecule has 3 aliphatic rings. The summed E-state index contributed by atoms with van der Waals surface area (Å²) in [4.78, 5) is 17.9. The quantitative estimate of drug-likeness (QED) is 0.349. The molecule has 1 saturated carbocycles. The molecule has 1 atom stereocenters. The molecular weight excluding hydrogens is 456 g/mol. The molecule has 0 radical (unpaired) electrons. The molecule has 1 unspecified atom stereocenters. The van der Waals surface area contributed by atoms with E-state index in [0.717, 1.165) is 35.5 Å². The van der Waals surface area contributed by atoms with E-state index >= 15 is 0 Å². The third kappa shape index (κ3) is 5.41. The SMILES string of the molecule is COc1ccc(Cn2cnc(N)c3nc(C(C)COCc4ccncc4)nc2-3)cc1OC1CCCC1. The van der Waals surface area contributed by atoms with Crippen LogP contribution in [0.2, 0.25) is 0 Å². The van der Waals surface area contributed by atoms with Crippen LogP contribution in [0.15, 0.2) is 49.1 Å². The van der Waals surface area contributed by atoms with Crippen molar-refractivity contribution in [2.24, 2.45) is 0 Å². The first-order valence-corrected chi connectivity index (χ1v) is 12.4. The van der Waals surface area contributed by atoms with Gasteiger partial charge in [0.15, 0.2) is 28.8 Å². The molecule has 9 nitrogen and oxygen atoms in total. The van der Waals surface area contributed by atoms with Crippen molar-refractivity contribution in [2.45, 2.75) is 57.8 Å². The van der Waals surface area contributed by atoms with Crippen molar-refractivity contribution in [3.63, 3.8) is 0 Å². The van der Waals surface area contributed by atoms with Crippen molar-refractivity contribution in [2.75, 3.05) is 19.5 Å². The molecule has 5 rings (SSSR count). The Labute approximate surface area is 211 Å². The molecular formula is C27H32N6O3. The highest BCUT2D eigenvalue weighted by atomic mass is 16.5. The standard InChI is InChI=1S/C27H32N6O3/c1-18(15-35-16-19-9-11-29-12-10-19)26-31-24-25(28)30-17-33(27(24)32-26)14-20-7-8-22(34-2)23(13-20)36-21-5-3-4-6-21/h7-13,17-18,21H,3-6,14-16,28H2,1-2H3. The van der Waals surface area contributed by atoms with Crippen LogP contribution in [0.25, 0.3) is 11.5 Å². The van der Waals surface area contributed by atoms with Crippen LogP contribution in [-0.4, -0.2) is 44.3 Å². The predicted molar refractivity (Wildman–Crippen MR) is 136 cm³/mol. The number of ether oxygens (including phenoxy) is 3. The number of hydrogen-bond acceptors (Lipinski definition) is 8. The highest BCUT2D eigenvalue weighted by Gasteiger charge is 2.23. The summed E-state index contributed by atoms with van der Waals surface area (Å²) >= 11 is 0. The first kappa shape index (κ1) is 24.0. The predicted octanol–water partition coefficient (Wildman–Crippen LogP) is 4.45. The highest BCUT2D eigenvalue weighted by molar-refractivity contribution is 5.65. The molecule has 1 aromatic heterocycles. The van der Waals surface area contributed by atoms with Gasteiger partial charge in [-0.15, -0.1) is 0 Å². The number of anilines is 1. The zero-order valence-corrected chi connectivity index (χ0v) is 20.8. The number of fused-ring (bicyclic) bond motifs is 1. The Bertz CT molecular complexity index is 1260. The van der Waals surface area contributed by atoms with E-state index in [-0.39, 0.29) is 12.0 Å². The highest BCUT2D eigenvalue weighted by Crippen LogP contribution is 2.33. The minimum absolute atomic E-state index is 0.000474. The lowest BCUT2D eigenvalue weighted by molar-refractivity contribution is 0.109. The van der Waals surface area contributed by atoms with Crippen molar-refractivity contribution in [1.29, 1.82) is 0 Å². The summed E-state index contributed by atoms with van der Waals surface area (Å²) in [6.07, 6.45) is 10.1. The number of benzene rings is 1. The molecule has 188 valence electrons. The summed E-state index contributed by atoms with van der Waals surface area (Å²) in [5.74, 6) is 3.27. The Morgan fingerprint density at radius 2 is 1.86 bits per heavy atom. The Morgan fingerprint density at radius 1 is 1.06 bits per heavy atom. The summed E-state index contributed by atoms with van der Waals surface area (Å²) in [6, 6.07) is 9.90. The Kier molecular flexibility index (Phi) is 7.27. The summed E-state index contributed by atoms with van der Waals surface area (Å²) in [6.45, 7) is 3.61. The zero-order chi connectivity index (χ0) is 24.9. The average Bonchev–Trinajstić information content (AvgIpc) is 3.58. The van der Waals surface area contributed by atoms with Crippen LogP contribution in [0.5, 0.6) is 11.5 Å².